The molecule has 6 heteroatoms. The van der Waals surface area contributed by atoms with Crippen LogP contribution in [0.4, 0.5) is 0 Å². The van der Waals surface area contributed by atoms with Crippen LogP contribution in [0.25, 0.3) is 0 Å². The number of nitrogens with one attached hydrogen (secondary N) is 2. The van der Waals surface area contributed by atoms with E-state index >= 15 is 0 Å². The molecule has 0 aliphatic rings. The van der Waals surface area contributed by atoms with Gasteiger partial charge in [-0.1, -0.05) is 0 Å². The lowest BCUT2D eigenvalue weighted by Gasteiger charge is -2.19. The molecule has 0 aliphatic heterocycles. The van der Waals surface area contributed by atoms with Crippen LogP contribution >= 0.6 is 0 Å². The summed E-state index contributed by atoms with van der Waals surface area (Å²) in [5.74, 6) is 0. The Balaban J connectivity index is 3.10. The van der Waals surface area contributed by atoms with Crippen molar-refractivity contribution >= 4 is 10.0 Å². The van der Waals surface area contributed by atoms with Crippen molar-refractivity contribution < 1.29 is 8.42 Å². The summed E-state index contributed by atoms with van der Waals surface area (Å²) in [6.45, 7) is 8.88. The Labute approximate surface area is 110 Å². The summed E-state index contributed by atoms with van der Waals surface area (Å²) in [6.07, 6.45) is 1.68. The first-order valence-corrected chi connectivity index (χ1v) is 7.55. The molecule has 0 fully saturated rings. The normalized spacial score (nSPS) is 12.9. The number of aryl methyl sites for hydroxylation is 1. The lowest BCUT2D eigenvalue weighted by atomic mass is 10.1. The second-order valence-corrected chi connectivity index (χ2v) is 7.02. The van der Waals surface area contributed by atoms with Crippen LogP contribution in [0.2, 0.25) is 0 Å². The van der Waals surface area contributed by atoms with Gasteiger partial charge in [0.15, 0.2) is 0 Å². The summed E-state index contributed by atoms with van der Waals surface area (Å²) >= 11 is 0. The molecule has 1 heterocycles. The minimum absolute atomic E-state index is 0.324. The van der Waals surface area contributed by atoms with E-state index in [0.717, 1.165) is 12.2 Å². The topological polar surface area (TPSA) is 63.1 Å². The van der Waals surface area contributed by atoms with Gasteiger partial charge in [0, 0.05) is 30.5 Å². The van der Waals surface area contributed by atoms with Crippen molar-refractivity contribution in [1.29, 1.82) is 0 Å². The van der Waals surface area contributed by atoms with Crippen LogP contribution in [-0.2, 0) is 23.1 Å². The Morgan fingerprint density at radius 2 is 1.94 bits per heavy atom. The fourth-order valence-corrected chi connectivity index (χ4v) is 3.24. The summed E-state index contributed by atoms with van der Waals surface area (Å²) in [6, 6.07) is 1.72. The number of hydrogen-bond donors (Lipinski definition) is 2. The highest BCUT2D eigenvalue weighted by molar-refractivity contribution is 7.89. The van der Waals surface area contributed by atoms with Crippen LogP contribution < -0.4 is 10.0 Å². The number of nitrogens with zero attached hydrogens (tertiary/aromatic N) is 1. The first-order valence-electron chi connectivity index (χ1n) is 6.07. The van der Waals surface area contributed by atoms with Crippen LogP contribution in [0.5, 0.6) is 0 Å². The van der Waals surface area contributed by atoms with Crippen molar-refractivity contribution in [2.45, 2.75) is 51.2 Å². The molecule has 1 rings (SSSR count). The van der Waals surface area contributed by atoms with Crippen LogP contribution in [0.15, 0.2) is 17.2 Å². The predicted molar refractivity (Wildman–Crippen MR) is 72.9 cm³/mol. The van der Waals surface area contributed by atoms with Crippen LogP contribution in [-0.4, -0.2) is 25.6 Å². The summed E-state index contributed by atoms with van der Waals surface area (Å²) in [5, 5.41) is 3.04. The number of rotatable bonds is 5. The van der Waals surface area contributed by atoms with E-state index in [-0.39, 0.29) is 0 Å². The third kappa shape index (κ3) is 3.83. The first-order chi connectivity index (χ1) is 8.19. The number of sulfonamides is 1. The van der Waals surface area contributed by atoms with Gasteiger partial charge in [-0.2, -0.15) is 0 Å². The monoisotopic (exact) mass is 273 g/mol. The largest absolute Gasteiger partial charge is 0.349 e. The summed E-state index contributed by atoms with van der Waals surface area (Å²) in [4.78, 5) is 0.324. The molecule has 5 nitrogen and oxygen atoms in total. The molecule has 0 saturated heterocycles. The van der Waals surface area contributed by atoms with E-state index in [9.17, 15) is 8.42 Å². The van der Waals surface area contributed by atoms with Crippen molar-refractivity contribution in [2.24, 2.45) is 0 Å². The minimum atomic E-state index is -3.45. The third-order valence-corrected chi connectivity index (χ3v) is 4.14. The fourth-order valence-electron chi connectivity index (χ4n) is 1.76. The predicted octanol–water partition coefficient (Wildman–Crippen LogP) is 1.30. The molecule has 0 aliphatic carbocycles. The van der Waals surface area contributed by atoms with E-state index in [4.69, 9.17) is 0 Å². The van der Waals surface area contributed by atoms with Crippen molar-refractivity contribution in [3.05, 3.63) is 18.0 Å². The Hall–Kier alpha value is -0.850. The van der Waals surface area contributed by atoms with Gasteiger partial charge in [-0.05, 0) is 40.8 Å². The molecule has 0 aromatic carbocycles. The third-order valence-electron chi connectivity index (χ3n) is 2.41. The van der Waals surface area contributed by atoms with E-state index in [1.807, 2.05) is 39.3 Å². The number of hydrogen-bond acceptors (Lipinski definition) is 3. The number of aromatic nitrogens is 1. The van der Waals surface area contributed by atoms with Gasteiger partial charge in [0.05, 0.1) is 4.90 Å². The highest BCUT2D eigenvalue weighted by atomic mass is 32.2. The lowest BCUT2D eigenvalue weighted by molar-refractivity contribution is 0.491. The van der Waals surface area contributed by atoms with Crippen LogP contribution in [0, 0.1) is 0 Å². The van der Waals surface area contributed by atoms with E-state index < -0.39 is 15.6 Å². The zero-order valence-corrected chi connectivity index (χ0v) is 12.6. The SMILES string of the molecule is CCn1cc(S(=O)(=O)NC(C)(C)C)cc1CNC. The molecule has 2 N–H and O–H groups in total. The Morgan fingerprint density at radius 1 is 1.33 bits per heavy atom. The Kier molecular flexibility index (Phi) is 4.58. The van der Waals surface area contributed by atoms with E-state index in [1.165, 1.54) is 0 Å². The van der Waals surface area contributed by atoms with Gasteiger partial charge in [0.1, 0.15) is 0 Å². The Bertz CT molecular complexity index is 498. The van der Waals surface area contributed by atoms with Gasteiger partial charge >= 0.3 is 0 Å². The maximum atomic E-state index is 12.2. The molecular formula is C12H23N3O2S. The summed E-state index contributed by atoms with van der Waals surface area (Å²) in [5.41, 5.74) is 0.491. The maximum absolute atomic E-state index is 12.2. The van der Waals surface area contributed by atoms with Gasteiger partial charge in [-0.3, -0.25) is 0 Å². The van der Waals surface area contributed by atoms with Crippen molar-refractivity contribution in [3.63, 3.8) is 0 Å². The minimum Gasteiger partial charge on any atom is -0.349 e. The smallest absolute Gasteiger partial charge is 0.242 e. The second-order valence-electron chi connectivity index (χ2n) is 5.34. The molecule has 1 aromatic rings. The molecule has 0 atom stereocenters. The molecule has 0 saturated carbocycles. The van der Waals surface area contributed by atoms with E-state index in [2.05, 4.69) is 10.0 Å². The van der Waals surface area contributed by atoms with Gasteiger partial charge < -0.3 is 9.88 Å². The molecule has 0 unspecified atom stereocenters. The molecule has 18 heavy (non-hydrogen) atoms. The van der Waals surface area contributed by atoms with E-state index in [0.29, 0.717) is 11.4 Å². The molecule has 0 spiro atoms. The summed E-state index contributed by atoms with van der Waals surface area (Å²) < 4.78 is 29.0. The zero-order valence-electron chi connectivity index (χ0n) is 11.7. The molecule has 0 radical (unpaired) electrons. The van der Waals surface area contributed by atoms with Gasteiger partial charge in [0.25, 0.3) is 0 Å². The van der Waals surface area contributed by atoms with Crippen molar-refractivity contribution in [2.75, 3.05) is 7.05 Å². The quantitative estimate of drug-likeness (QED) is 0.850. The zero-order chi connectivity index (χ0) is 14.0. The average Bonchev–Trinajstić information content (AvgIpc) is 2.58. The molecule has 1 aromatic heterocycles. The maximum Gasteiger partial charge on any atom is 0.242 e. The van der Waals surface area contributed by atoms with E-state index in [1.54, 1.807) is 12.3 Å². The van der Waals surface area contributed by atoms with Gasteiger partial charge in [-0.15, -0.1) is 0 Å². The summed E-state index contributed by atoms with van der Waals surface area (Å²) in [7, 11) is -1.60. The second kappa shape index (κ2) is 5.42. The fraction of sp³-hybridized carbons (Fsp3) is 0.667. The van der Waals surface area contributed by atoms with Crippen molar-refractivity contribution in [3.8, 4) is 0 Å². The van der Waals surface area contributed by atoms with Crippen molar-refractivity contribution in [1.82, 2.24) is 14.6 Å². The first kappa shape index (κ1) is 15.2. The molecule has 0 bridgehead atoms. The molecule has 104 valence electrons. The van der Waals surface area contributed by atoms with Crippen LogP contribution in [0.3, 0.4) is 0 Å². The molecule has 0 amide bonds. The molecular weight excluding hydrogens is 250 g/mol. The van der Waals surface area contributed by atoms with Gasteiger partial charge in [0.2, 0.25) is 10.0 Å². The van der Waals surface area contributed by atoms with Gasteiger partial charge in [-0.25, -0.2) is 13.1 Å². The Morgan fingerprint density at radius 3 is 2.39 bits per heavy atom. The highest BCUT2D eigenvalue weighted by Crippen LogP contribution is 2.16. The van der Waals surface area contributed by atoms with Crippen LogP contribution in [0.1, 0.15) is 33.4 Å². The average molecular weight is 273 g/mol. The highest BCUT2D eigenvalue weighted by Gasteiger charge is 2.23. The standard InChI is InChI=1S/C12H23N3O2S/c1-6-15-9-11(7-10(15)8-13-5)18(16,17)14-12(2,3)4/h7,9,13-14H,6,8H2,1-5H3. The lowest BCUT2D eigenvalue weighted by Crippen LogP contribution is -2.40.